The van der Waals surface area contributed by atoms with Gasteiger partial charge in [0.1, 0.15) is 4.90 Å². The monoisotopic (exact) mass is 484 g/mol. The molecule has 2 fully saturated rings. The number of sulfonamides is 1. The van der Waals surface area contributed by atoms with Crippen LogP contribution in [0.2, 0.25) is 5.02 Å². The molecule has 0 bridgehead atoms. The van der Waals surface area contributed by atoms with Gasteiger partial charge in [-0.25, -0.2) is 18.1 Å². The zero-order chi connectivity index (χ0) is 21.8. The van der Waals surface area contributed by atoms with Gasteiger partial charge in [0, 0.05) is 56.5 Å². The number of hydrogen-bond acceptors (Lipinski definition) is 7. The summed E-state index contributed by atoms with van der Waals surface area (Å²) in [5.41, 5.74) is 0.310. The Balaban J connectivity index is 1.46. The fourth-order valence-corrected chi connectivity index (χ4v) is 6.08. The summed E-state index contributed by atoms with van der Waals surface area (Å²) < 4.78 is 33.6. The number of rotatable bonds is 6. The number of nitrogens with one attached hydrogen (secondary N) is 1. The number of benzene rings is 1. The van der Waals surface area contributed by atoms with Crippen LogP contribution >= 0.6 is 22.9 Å². The van der Waals surface area contributed by atoms with Gasteiger partial charge in [0.15, 0.2) is 5.13 Å². The first-order chi connectivity index (χ1) is 14.9. The molecule has 0 aliphatic carbocycles. The van der Waals surface area contributed by atoms with E-state index >= 15 is 0 Å². The summed E-state index contributed by atoms with van der Waals surface area (Å²) in [6.45, 7) is 3.48. The Bertz CT molecular complexity index is 1010. The maximum absolute atomic E-state index is 13.1. The highest BCUT2D eigenvalue weighted by Gasteiger charge is 2.26. The first-order valence-corrected chi connectivity index (χ1v) is 13.0. The minimum Gasteiger partial charge on any atom is -0.377 e. The zero-order valence-corrected chi connectivity index (χ0v) is 19.4. The average molecular weight is 485 g/mol. The van der Waals surface area contributed by atoms with Crippen LogP contribution in [0, 0.1) is 0 Å². The van der Waals surface area contributed by atoms with E-state index in [1.165, 1.54) is 12.1 Å². The van der Waals surface area contributed by atoms with Crippen molar-refractivity contribution < 1.29 is 17.9 Å². The van der Waals surface area contributed by atoms with Crippen molar-refractivity contribution in [3.8, 4) is 0 Å². The lowest BCUT2D eigenvalue weighted by molar-refractivity contribution is 0.0766. The highest BCUT2D eigenvalue weighted by molar-refractivity contribution is 7.89. The molecular formula is C20H25ClN4O4S2. The molecule has 31 heavy (non-hydrogen) atoms. The van der Waals surface area contributed by atoms with E-state index in [-0.39, 0.29) is 28.5 Å². The summed E-state index contributed by atoms with van der Waals surface area (Å²) >= 11 is 7.76. The molecule has 2 aromatic rings. The van der Waals surface area contributed by atoms with Crippen molar-refractivity contribution in [2.45, 2.75) is 30.3 Å². The number of hydrogen-bond donors (Lipinski definition) is 1. The summed E-state index contributed by atoms with van der Waals surface area (Å²) in [6.07, 6.45) is 4.20. The molecule has 1 unspecified atom stereocenters. The number of halogens is 1. The summed E-state index contributed by atoms with van der Waals surface area (Å²) in [5.74, 6) is -0.201. The van der Waals surface area contributed by atoms with Gasteiger partial charge < -0.3 is 14.5 Å². The van der Waals surface area contributed by atoms with Gasteiger partial charge in [0.05, 0.1) is 11.1 Å². The molecule has 1 aromatic heterocycles. The van der Waals surface area contributed by atoms with Crippen LogP contribution in [0.15, 0.2) is 34.7 Å². The van der Waals surface area contributed by atoms with Crippen LogP contribution in [0.25, 0.3) is 0 Å². The van der Waals surface area contributed by atoms with Crippen LogP contribution in [0.4, 0.5) is 5.13 Å². The van der Waals surface area contributed by atoms with Crippen LogP contribution in [0.3, 0.4) is 0 Å². The van der Waals surface area contributed by atoms with E-state index in [1.54, 1.807) is 28.5 Å². The molecule has 8 nitrogen and oxygen atoms in total. The first-order valence-electron chi connectivity index (χ1n) is 10.3. The molecule has 0 saturated carbocycles. The topological polar surface area (TPSA) is 91.8 Å². The molecule has 1 aromatic carbocycles. The molecule has 0 spiro atoms. The Morgan fingerprint density at radius 1 is 1.26 bits per heavy atom. The van der Waals surface area contributed by atoms with Crippen molar-refractivity contribution in [3.63, 3.8) is 0 Å². The summed E-state index contributed by atoms with van der Waals surface area (Å²) in [4.78, 5) is 21.3. The van der Waals surface area contributed by atoms with Crippen LogP contribution in [-0.2, 0) is 14.8 Å². The molecule has 2 aliphatic rings. The van der Waals surface area contributed by atoms with Gasteiger partial charge in [-0.15, -0.1) is 11.3 Å². The SMILES string of the molecule is O=C(c1ccc(Cl)c(S(=O)(=O)NCC2CCCO2)c1)N1CCCN(c2nccs2)CC1. The molecule has 1 N–H and O–H groups in total. The maximum atomic E-state index is 13.1. The number of thiazole rings is 1. The number of carbonyl (C=O) groups excluding carboxylic acids is 1. The molecule has 3 heterocycles. The van der Waals surface area contributed by atoms with E-state index in [0.29, 0.717) is 31.8 Å². The predicted molar refractivity (Wildman–Crippen MR) is 120 cm³/mol. The van der Waals surface area contributed by atoms with E-state index in [1.807, 2.05) is 5.38 Å². The standard InChI is InChI=1S/C20H25ClN4O4S2/c21-17-5-4-15(13-18(17)31(27,28)23-14-16-3-1-11-29-16)19(26)24-7-2-8-25(10-9-24)20-22-6-12-30-20/h4-6,12-13,16,23H,1-3,7-11,14H2. The molecule has 4 rings (SSSR count). The van der Waals surface area contributed by atoms with Gasteiger partial charge in [-0.1, -0.05) is 11.6 Å². The third-order valence-electron chi connectivity index (χ3n) is 5.47. The summed E-state index contributed by atoms with van der Waals surface area (Å²) in [5, 5.41) is 2.97. The van der Waals surface area contributed by atoms with E-state index in [0.717, 1.165) is 30.9 Å². The largest absolute Gasteiger partial charge is 0.377 e. The molecule has 168 valence electrons. The lowest BCUT2D eigenvalue weighted by Crippen LogP contribution is -2.35. The van der Waals surface area contributed by atoms with Crippen LogP contribution in [0.1, 0.15) is 29.6 Å². The van der Waals surface area contributed by atoms with Gasteiger partial charge in [-0.3, -0.25) is 4.79 Å². The average Bonchev–Trinajstić information content (AvgIpc) is 3.43. The fourth-order valence-electron chi connectivity index (χ4n) is 3.79. The third kappa shape index (κ3) is 5.38. The maximum Gasteiger partial charge on any atom is 0.253 e. The third-order valence-corrected chi connectivity index (χ3v) is 8.20. The molecule has 2 saturated heterocycles. The molecule has 0 radical (unpaired) electrons. The van der Waals surface area contributed by atoms with Crippen LogP contribution in [-0.4, -0.2) is 69.6 Å². The number of nitrogens with zero attached hydrogens (tertiary/aromatic N) is 3. The van der Waals surface area contributed by atoms with Crippen molar-refractivity contribution in [3.05, 3.63) is 40.4 Å². The number of carbonyl (C=O) groups is 1. The Kier molecular flexibility index (Phi) is 7.12. The Morgan fingerprint density at radius 3 is 2.87 bits per heavy atom. The smallest absolute Gasteiger partial charge is 0.253 e. The summed E-state index contributed by atoms with van der Waals surface area (Å²) in [7, 11) is -3.86. The zero-order valence-electron chi connectivity index (χ0n) is 17.0. The van der Waals surface area contributed by atoms with Gasteiger partial charge in [0.25, 0.3) is 5.91 Å². The van der Waals surface area contributed by atoms with Gasteiger partial charge >= 0.3 is 0 Å². The number of aromatic nitrogens is 1. The second-order valence-corrected chi connectivity index (χ2v) is 10.6. The first kappa shape index (κ1) is 22.5. The second kappa shape index (κ2) is 9.83. The molecular weight excluding hydrogens is 460 g/mol. The van der Waals surface area contributed by atoms with Gasteiger partial charge in [0.2, 0.25) is 10.0 Å². The van der Waals surface area contributed by atoms with Crippen molar-refractivity contribution in [1.29, 1.82) is 0 Å². The summed E-state index contributed by atoms with van der Waals surface area (Å²) in [6, 6.07) is 4.41. The molecule has 1 atom stereocenters. The Hall–Kier alpha value is -1.72. The Morgan fingerprint density at radius 2 is 2.13 bits per heavy atom. The second-order valence-electron chi connectivity index (χ2n) is 7.58. The number of anilines is 1. The molecule has 1 amide bonds. The van der Waals surface area contributed by atoms with Crippen molar-refractivity contribution >= 4 is 44.0 Å². The van der Waals surface area contributed by atoms with E-state index in [9.17, 15) is 13.2 Å². The Labute approximate surface area is 191 Å². The highest BCUT2D eigenvalue weighted by Crippen LogP contribution is 2.25. The van der Waals surface area contributed by atoms with Crippen LogP contribution < -0.4 is 9.62 Å². The normalized spacial score (nSPS) is 20.1. The fraction of sp³-hybridized carbons (Fsp3) is 0.500. The number of ether oxygens (including phenoxy) is 1. The minimum atomic E-state index is -3.86. The van der Waals surface area contributed by atoms with Crippen molar-refractivity contribution in [1.82, 2.24) is 14.6 Å². The van der Waals surface area contributed by atoms with E-state index in [4.69, 9.17) is 16.3 Å². The van der Waals surface area contributed by atoms with Gasteiger partial charge in [-0.05, 0) is 37.5 Å². The van der Waals surface area contributed by atoms with Gasteiger partial charge in [-0.2, -0.15) is 0 Å². The molecule has 2 aliphatic heterocycles. The van der Waals surface area contributed by atoms with Crippen molar-refractivity contribution in [2.75, 3.05) is 44.2 Å². The quantitative estimate of drug-likeness (QED) is 0.677. The highest BCUT2D eigenvalue weighted by atomic mass is 35.5. The lowest BCUT2D eigenvalue weighted by Gasteiger charge is -2.22. The van der Waals surface area contributed by atoms with Crippen molar-refractivity contribution in [2.24, 2.45) is 0 Å². The minimum absolute atomic E-state index is 0.0854. The van der Waals surface area contributed by atoms with E-state index in [2.05, 4.69) is 14.6 Å². The van der Waals surface area contributed by atoms with Crippen LogP contribution in [0.5, 0.6) is 0 Å². The lowest BCUT2D eigenvalue weighted by atomic mass is 10.2. The predicted octanol–water partition coefficient (Wildman–Crippen LogP) is 2.61. The molecule has 11 heteroatoms. The van der Waals surface area contributed by atoms with E-state index < -0.39 is 10.0 Å². The number of amides is 1.